The number of hydrogen-bond donors (Lipinski definition) is 1. The van der Waals surface area contributed by atoms with E-state index in [0.29, 0.717) is 0 Å². The van der Waals surface area contributed by atoms with Gasteiger partial charge in [-0.15, -0.1) is 0 Å². The maximum absolute atomic E-state index is 11.8. The van der Waals surface area contributed by atoms with E-state index in [4.69, 9.17) is 5.73 Å². The molecule has 1 rings (SSSR count). The van der Waals surface area contributed by atoms with Crippen molar-refractivity contribution in [2.75, 3.05) is 6.54 Å². The number of nitrogens with zero attached hydrogens (tertiary/aromatic N) is 1. The van der Waals surface area contributed by atoms with Gasteiger partial charge in [-0.3, -0.25) is 4.79 Å². The molecule has 14 heavy (non-hydrogen) atoms. The molecule has 0 bridgehead atoms. The van der Waals surface area contributed by atoms with Crippen LogP contribution in [0.5, 0.6) is 0 Å². The molecular weight excluding hydrogens is 176 g/mol. The third-order valence-electron chi connectivity index (χ3n) is 3.12. The predicted molar refractivity (Wildman–Crippen MR) is 57.9 cm³/mol. The highest BCUT2D eigenvalue weighted by atomic mass is 16.2. The van der Waals surface area contributed by atoms with Gasteiger partial charge in [0.25, 0.3) is 0 Å². The minimum atomic E-state index is -0.264. The molecule has 1 heterocycles. The van der Waals surface area contributed by atoms with Crippen LogP contribution in [0.15, 0.2) is 0 Å². The first kappa shape index (κ1) is 11.5. The van der Waals surface area contributed by atoms with Gasteiger partial charge in [0.1, 0.15) is 0 Å². The van der Waals surface area contributed by atoms with Crippen LogP contribution < -0.4 is 5.73 Å². The highest BCUT2D eigenvalue weighted by Crippen LogP contribution is 2.27. The highest BCUT2D eigenvalue weighted by molar-refractivity contribution is 5.83. The third-order valence-corrected chi connectivity index (χ3v) is 3.12. The Morgan fingerprint density at radius 1 is 1.57 bits per heavy atom. The Morgan fingerprint density at radius 3 is 2.79 bits per heavy atom. The second-order valence-electron chi connectivity index (χ2n) is 4.80. The van der Waals surface area contributed by atoms with Crippen molar-refractivity contribution in [3.8, 4) is 0 Å². The molecule has 2 N–H and O–H groups in total. The fraction of sp³-hybridized carbons (Fsp3) is 0.909. The second-order valence-corrected chi connectivity index (χ2v) is 4.80. The molecule has 0 spiro atoms. The van der Waals surface area contributed by atoms with Crippen molar-refractivity contribution in [2.24, 2.45) is 5.73 Å². The lowest BCUT2D eigenvalue weighted by Gasteiger charge is -2.44. The van der Waals surface area contributed by atoms with Gasteiger partial charge in [-0.2, -0.15) is 0 Å². The fourth-order valence-corrected chi connectivity index (χ4v) is 1.99. The van der Waals surface area contributed by atoms with E-state index in [9.17, 15) is 4.79 Å². The van der Waals surface area contributed by atoms with Crippen LogP contribution in [0, 0.1) is 0 Å². The summed E-state index contributed by atoms with van der Waals surface area (Å²) in [5, 5.41) is 0. The van der Waals surface area contributed by atoms with Crippen LogP contribution in [0.3, 0.4) is 0 Å². The number of nitrogens with two attached hydrogens (primary N) is 1. The monoisotopic (exact) mass is 198 g/mol. The molecule has 1 atom stereocenters. The minimum Gasteiger partial charge on any atom is -0.336 e. The van der Waals surface area contributed by atoms with Crippen molar-refractivity contribution in [3.05, 3.63) is 0 Å². The highest BCUT2D eigenvalue weighted by Gasteiger charge is 2.37. The summed E-state index contributed by atoms with van der Waals surface area (Å²) in [5.74, 6) is 0.134. The summed E-state index contributed by atoms with van der Waals surface area (Å²) in [6.45, 7) is 7.26. The first-order chi connectivity index (χ1) is 6.49. The molecule has 3 heteroatoms. The summed E-state index contributed by atoms with van der Waals surface area (Å²) in [4.78, 5) is 13.8. The van der Waals surface area contributed by atoms with Crippen LogP contribution in [0.25, 0.3) is 0 Å². The molecule has 1 unspecified atom stereocenters. The molecule has 1 amide bonds. The molecule has 0 aliphatic carbocycles. The van der Waals surface area contributed by atoms with Crippen LogP contribution in [0.4, 0.5) is 0 Å². The SMILES string of the molecule is CCCCN1C(=O)C(N)CCC1(C)C. The van der Waals surface area contributed by atoms with Crippen molar-refractivity contribution >= 4 is 5.91 Å². The van der Waals surface area contributed by atoms with E-state index in [1.54, 1.807) is 0 Å². The molecule has 1 aliphatic rings. The number of hydrogen-bond acceptors (Lipinski definition) is 2. The van der Waals surface area contributed by atoms with Gasteiger partial charge in [-0.05, 0) is 33.1 Å². The second kappa shape index (κ2) is 4.30. The Labute approximate surface area is 86.6 Å². The molecule has 1 fully saturated rings. The van der Waals surface area contributed by atoms with Gasteiger partial charge in [0, 0.05) is 12.1 Å². The van der Waals surface area contributed by atoms with Gasteiger partial charge in [-0.25, -0.2) is 0 Å². The maximum Gasteiger partial charge on any atom is 0.239 e. The average molecular weight is 198 g/mol. The van der Waals surface area contributed by atoms with Gasteiger partial charge in [-0.1, -0.05) is 13.3 Å². The van der Waals surface area contributed by atoms with Crippen LogP contribution in [-0.4, -0.2) is 28.9 Å². The Morgan fingerprint density at radius 2 is 2.21 bits per heavy atom. The van der Waals surface area contributed by atoms with Gasteiger partial charge in [0.2, 0.25) is 5.91 Å². The number of unbranched alkanes of at least 4 members (excludes halogenated alkanes) is 1. The van der Waals surface area contributed by atoms with Gasteiger partial charge >= 0.3 is 0 Å². The summed E-state index contributed by atoms with van der Waals surface area (Å²) >= 11 is 0. The fourth-order valence-electron chi connectivity index (χ4n) is 1.99. The number of rotatable bonds is 3. The molecule has 0 aromatic carbocycles. The first-order valence-electron chi connectivity index (χ1n) is 5.56. The van der Waals surface area contributed by atoms with Gasteiger partial charge in [0.15, 0.2) is 0 Å². The molecule has 0 saturated carbocycles. The van der Waals surface area contributed by atoms with Crippen LogP contribution >= 0.6 is 0 Å². The lowest BCUT2D eigenvalue weighted by atomic mass is 9.87. The Balaban J connectivity index is 2.67. The number of carbonyl (C=O) groups is 1. The summed E-state index contributed by atoms with van der Waals surface area (Å²) in [7, 11) is 0. The largest absolute Gasteiger partial charge is 0.336 e. The van der Waals surface area contributed by atoms with Crippen molar-refractivity contribution in [1.82, 2.24) is 4.90 Å². The number of piperidine rings is 1. The van der Waals surface area contributed by atoms with E-state index >= 15 is 0 Å². The Kier molecular flexibility index (Phi) is 3.53. The number of likely N-dealkylation sites (tertiary alicyclic amines) is 1. The molecule has 0 aromatic rings. The van der Waals surface area contributed by atoms with Gasteiger partial charge < -0.3 is 10.6 Å². The minimum absolute atomic E-state index is 0.00211. The third kappa shape index (κ3) is 2.27. The molecule has 82 valence electrons. The smallest absolute Gasteiger partial charge is 0.239 e. The van der Waals surface area contributed by atoms with Crippen molar-refractivity contribution < 1.29 is 4.79 Å². The van der Waals surface area contributed by atoms with E-state index in [1.165, 1.54) is 0 Å². The van der Waals surface area contributed by atoms with Gasteiger partial charge in [0.05, 0.1) is 6.04 Å². The standard InChI is InChI=1S/C11H22N2O/c1-4-5-8-13-10(14)9(12)6-7-11(13,2)3/h9H,4-8,12H2,1-3H3. The molecular formula is C11H22N2O. The molecule has 0 aromatic heterocycles. The van der Waals surface area contributed by atoms with E-state index in [1.807, 2.05) is 4.90 Å². The summed E-state index contributed by atoms with van der Waals surface area (Å²) in [5.41, 5.74) is 5.77. The van der Waals surface area contributed by atoms with E-state index in [2.05, 4.69) is 20.8 Å². The van der Waals surface area contributed by atoms with E-state index < -0.39 is 0 Å². The molecule has 1 aliphatic heterocycles. The number of amides is 1. The van der Waals surface area contributed by atoms with Crippen LogP contribution in [-0.2, 0) is 4.79 Å². The lowest BCUT2D eigenvalue weighted by Crippen LogP contribution is -2.58. The van der Waals surface area contributed by atoms with E-state index in [0.717, 1.165) is 32.2 Å². The molecule has 1 saturated heterocycles. The van der Waals surface area contributed by atoms with Crippen LogP contribution in [0.2, 0.25) is 0 Å². The lowest BCUT2D eigenvalue weighted by molar-refractivity contribution is -0.142. The predicted octanol–water partition coefficient (Wildman–Crippen LogP) is 1.51. The normalized spacial score (nSPS) is 26.7. The first-order valence-corrected chi connectivity index (χ1v) is 5.56. The van der Waals surface area contributed by atoms with Crippen molar-refractivity contribution in [2.45, 2.75) is 58.0 Å². The zero-order valence-corrected chi connectivity index (χ0v) is 9.55. The number of carbonyl (C=O) groups excluding carboxylic acids is 1. The quantitative estimate of drug-likeness (QED) is 0.747. The summed E-state index contributed by atoms with van der Waals surface area (Å²) < 4.78 is 0. The van der Waals surface area contributed by atoms with Crippen LogP contribution in [0.1, 0.15) is 46.5 Å². The van der Waals surface area contributed by atoms with Crippen molar-refractivity contribution in [3.63, 3.8) is 0 Å². The Bertz CT molecular complexity index is 213. The van der Waals surface area contributed by atoms with Crippen molar-refractivity contribution in [1.29, 1.82) is 0 Å². The maximum atomic E-state index is 11.8. The molecule has 0 radical (unpaired) electrons. The zero-order chi connectivity index (χ0) is 10.8. The summed E-state index contributed by atoms with van der Waals surface area (Å²) in [6.07, 6.45) is 4.04. The zero-order valence-electron chi connectivity index (χ0n) is 9.55. The van der Waals surface area contributed by atoms with E-state index in [-0.39, 0.29) is 17.5 Å². The molecule has 3 nitrogen and oxygen atoms in total. The average Bonchev–Trinajstić information content (AvgIpc) is 2.12. The Hall–Kier alpha value is -0.570. The summed E-state index contributed by atoms with van der Waals surface area (Å²) in [6, 6.07) is -0.264. The topological polar surface area (TPSA) is 46.3 Å².